The lowest BCUT2D eigenvalue weighted by Gasteiger charge is -2.33. The molecule has 0 aromatic heterocycles. The molecule has 0 saturated carbocycles. The number of piperidine rings is 1. The van der Waals surface area contributed by atoms with E-state index >= 15 is 0 Å². The molecule has 2 saturated heterocycles. The SMILES string of the molecule is COc1ccc(SCC(=O)N2CCCC(CNC(=O)C3CCCN3)C2)cc1. The highest BCUT2D eigenvalue weighted by molar-refractivity contribution is 8.00. The van der Waals surface area contributed by atoms with Gasteiger partial charge in [0.1, 0.15) is 5.75 Å². The van der Waals surface area contributed by atoms with Crippen LogP contribution in [0.4, 0.5) is 0 Å². The first-order valence-electron chi connectivity index (χ1n) is 9.71. The number of thioether (sulfide) groups is 1. The van der Waals surface area contributed by atoms with Crippen molar-refractivity contribution >= 4 is 23.6 Å². The number of benzene rings is 1. The van der Waals surface area contributed by atoms with Crippen molar-refractivity contribution in [1.29, 1.82) is 0 Å². The summed E-state index contributed by atoms with van der Waals surface area (Å²) >= 11 is 1.55. The number of hydrogen-bond acceptors (Lipinski definition) is 5. The summed E-state index contributed by atoms with van der Waals surface area (Å²) in [5.74, 6) is 1.88. The van der Waals surface area contributed by atoms with Crippen LogP contribution in [-0.4, -0.2) is 61.8 Å². The number of amides is 2. The van der Waals surface area contributed by atoms with E-state index in [2.05, 4.69) is 10.6 Å². The highest BCUT2D eigenvalue weighted by atomic mass is 32.2. The van der Waals surface area contributed by atoms with Gasteiger partial charge in [0.2, 0.25) is 11.8 Å². The fraction of sp³-hybridized carbons (Fsp3) is 0.600. The van der Waals surface area contributed by atoms with Crippen molar-refractivity contribution in [2.75, 3.05) is 39.0 Å². The van der Waals surface area contributed by atoms with Crippen molar-refractivity contribution in [2.24, 2.45) is 5.92 Å². The van der Waals surface area contributed by atoms with E-state index in [0.717, 1.165) is 56.0 Å². The summed E-state index contributed by atoms with van der Waals surface area (Å²) in [6.45, 7) is 3.14. The summed E-state index contributed by atoms with van der Waals surface area (Å²) in [7, 11) is 1.64. The van der Waals surface area contributed by atoms with E-state index < -0.39 is 0 Å². The Morgan fingerprint density at radius 2 is 2.07 bits per heavy atom. The van der Waals surface area contributed by atoms with Crippen LogP contribution in [0.1, 0.15) is 25.7 Å². The Labute approximate surface area is 165 Å². The molecule has 0 radical (unpaired) electrons. The Balaban J connectivity index is 1.41. The minimum Gasteiger partial charge on any atom is -0.497 e. The number of likely N-dealkylation sites (tertiary alicyclic amines) is 1. The van der Waals surface area contributed by atoms with Gasteiger partial charge in [0.25, 0.3) is 0 Å². The molecular weight excluding hydrogens is 362 g/mol. The molecule has 148 valence electrons. The Hall–Kier alpha value is -1.73. The van der Waals surface area contributed by atoms with Gasteiger partial charge in [-0.15, -0.1) is 11.8 Å². The lowest BCUT2D eigenvalue weighted by molar-refractivity contribution is -0.130. The maximum Gasteiger partial charge on any atom is 0.237 e. The molecule has 2 aliphatic rings. The molecule has 2 heterocycles. The van der Waals surface area contributed by atoms with E-state index in [0.29, 0.717) is 18.2 Å². The molecule has 0 aliphatic carbocycles. The summed E-state index contributed by atoms with van der Waals surface area (Å²) in [6, 6.07) is 7.73. The second-order valence-electron chi connectivity index (χ2n) is 7.21. The van der Waals surface area contributed by atoms with Crippen LogP contribution in [0.3, 0.4) is 0 Å². The molecule has 2 amide bonds. The number of ether oxygens (including phenoxy) is 1. The van der Waals surface area contributed by atoms with Crippen LogP contribution in [0.5, 0.6) is 5.75 Å². The van der Waals surface area contributed by atoms with Crippen molar-refractivity contribution < 1.29 is 14.3 Å². The van der Waals surface area contributed by atoms with E-state index in [1.165, 1.54) is 0 Å². The molecular formula is C20H29N3O3S. The zero-order valence-electron chi connectivity index (χ0n) is 15.9. The molecule has 2 unspecified atom stereocenters. The lowest BCUT2D eigenvalue weighted by Crippen LogP contribution is -2.47. The van der Waals surface area contributed by atoms with Crippen LogP contribution in [-0.2, 0) is 9.59 Å². The van der Waals surface area contributed by atoms with Gasteiger partial charge in [0, 0.05) is 24.5 Å². The predicted octanol–water partition coefficient (Wildman–Crippen LogP) is 1.89. The van der Waals surface area contributed by atoms with Crippen molar-refractivity contribution in [3.8, 4) is 5.75 Å². The third-order valence-electron chi connectivity index (χ3n) is 5.24. The van der Waals surface area contributed by atoms with E-state index in [1.54, 1.807) is 18.9 Å². The monoisotopic (exact) mass is 391 g/mol. The van der Waals surface area contributed by atoms with Crippen molar-refractivity contribution in [2.45, 2.75) is 36.6 Å². The van der Waals surface area contributed by atoms with E-state index in [-0.39, 0.29) is 17.9 Å². The van der Waals surface area contributed by atoms with Crippen LogP contribution < -0.4 is 15.4 Å². The summed E-state index contributed by atoms with van der Waals surface area (Å²) in [4.78, 5) is 27.7. The van der Waals surface area contributed by atoms with Gasteiger partial charge in [0.05, 0.1) is 18.9 Å². The van der Waals surface area contributed by atoms with Gasteiger partial charge < -0.3 is 20.3 Å². The fourth-order valence-corrected chi connectivity index (χ4v) is 4.44. The lowest BCUT2D eigenvalue weighted by atomic mass is 9.98. The molecule has 3 rings (SSSR count). The summed E-state index contributed by atoms with van der Waals surface area (Å²) in [6.07, 6.45) is 4.05. The minimum atomic E-state index is -0.0350. The molecule has 2 N–H and O–H groups in total. The topological polar surface area (TPSA) is 70.7 Å². The average Bonchev–Trinajstić information content (AvgIpc) is 3.26. The Morgan fingerprint density at radius 3 is 2.78 bits per heavy atom. The number of nitrogens with one attached hydrogen (secondary N) is 2. The quantitative estimate of drug-likeness (QED) is 0.695. The largest absolute Gasteiger partial charge is 0.497 e. The highest BCUT2D eigenvalue weighted by Crippen LogP contribution is 2.23. The van der Waals surface area contributed by atoms with Crippen LogP contribution in [0.2, 0.25) is 0 Å². The van der Waals surface area contributed by atoms with Gasteiger partial charge in [-0.2, -0.15) is 0 Å². The number of rotatable bonds is 7. The second kappa shape index (κ2) is 9.99. The normalized spacial score (nSPS) is 22.5. The van der Waals surface area contributed by atoms with Gasteiger partial charge in [0.15, 0.2) is 0 Å². The van der Waals surface area contributed by atoms with Crippen molar-refractivity contribution in [3.63, 3.8) is 0 Å². The fourth-order valence-electron chi connectivity index (χ4n) is 3.64. The molecule has 0 spiro atoms. The zero-order chi connectivity index (χ0) is 19.1. The Bertz CT molecular complexity index is 632. The number of nitrogens with zero attached hydrogens (tertiary/aromatic N) is 1. The Kier molecular flexibility index (Phi) is 7.41. The van der Waals surface area contributed by atoms with E-state index in [1.807, 2.05) is 29.2 Å². The zero-order valence-corrected chi connectivity index (χ0v) is 16.7. The van der Waals surface area contributed by atoms with Crippen LogP contribution in [0.15, 0.2) is 29.2 Å². The van der Waals surface area contributed by atoms with Crippen LogP contribution in [0.25, 0.3) is 0 Å². The molecule has 2 aliphatic heterocycles. The maximum absolute atomic E-state index is 12.6. The molecule has 1 aromatic rings. The molecule has 2 atom stereocenters. The summed E-state index contributed by atoms with van der Waals surface area (Å²) in [5.41, 5.74) is 0. The minimum absolute atomic E-state index is 0.0350. The van der Waals surface area contributed by atoms with Gasteiger partial charge >= 0.3 is 0 Å². The third-order valence-corrected chi connectivity index (χ3v) is 6.23. The molecule has 6 nitrogen and oxygen atoms in total. The molecule has 1 aromatic carbocycles. The third kappa shape index (κ3) is 5.87. The molecule has 2 fully saturated rings. The number of carbonyl (C=O) groups excluding carboxylic acids is 2. The molecule has 7 heteroatoms. The van der Waals surface area contributed by atoms with Gasteiger partial charge in [-0.3, -0.25) is 9.59 Å². The van der Waals surface area contributed by atoms with Crippen molar-refractivity contribution in [3.05, 3.63) is 24.3 Å². The number of hydrogen-bond donors (Lipinski definition) is 2. The van der Waals surface area contributed by atoms with Gasteiger partial charge in [-0.1, -0.05) is 0 Å². The predicted molar refractivity (Wildman–Crippen MR) is 107 cm³/mol. The first-order valence-corrected chi connectivity index (χ1v) is 10.7. The van der Waals surface area contributed by atoms with E-state index in [9.17, 15) is 9.59 Å². The standard InChI is InChI=1S/C20H29N3O3S/c1-26-16-6-8-17(9-7-16)27-14-19(24)23-11-3-4-15(13-23)12-22-20(25)18-5-2-10-21-18/h6-9,15,18,21H,2-5,10-14H2,1H3,(H,22,25). The second-order valence-corrected chi connectivity index (χ2v) is 8.26. The van der Waals surface area contributed by atoms with Crippen LogP contribution >= 0.6 is 11.8 Å². The maximum atomic E-state index is 12.6. The number of methoxy groups -OCH3 is 1. The highest BCUT2D eigenvalue weighted by Gasteiger charge is 2.26. The molecule has 27 heavy (non-hydrogen) atoms. The first-order chi connectivity index (χ1) is 13.2. The van der Waals surface area contributed by atoms with Gasteiger partial charge in [-0.05, 0) is 62.4 Å². The summed E-state index contributed by atoms with van der Waals surface area (Å²) in [5, 5.41) is 6.29. The van der Waals surface area contributed by atoms with Crippen molar-refractivity contribution in [1.82, 2.24) is 15.5 Å². The Morgan fingerprint density at radius 1 is 1.26 bits per heavy atom. The summed E-state index contributed by atoms with van der Waals surface area (Å²) < 4.78 is 5.16. The van der Waals surface area contributed by atoms with E-state index in [4.69, 9.17) is 4.74 Å². The smallest absolute Gasteiger partial charge is 0.237 e. The van der Waals surface area contributed by atoms with Gasteiger partial charge in [-0.25, -0.2) is 0 Å². The average molecular weight is 392 g/mol. The van der Waals surface area contributed by atoms with Crippen LogP contribution in [0, 0.1) is 5.92 Å². The molecule has 0 bridgehead atoms. The number of carbonyl (C=O) groups is 2. The first kappa shape index (κ1) is 20.0.